The minimum atomic E-state index is -3.48. The number of rotatable bonds is 5. The van der Waals surface area contributed by atoms with Gasteiger partial charge in [0.1, 0.15) is 5.75 Å². The SMILES string of the molecule is COc1cccc(-c2nc(C3CCN(S(=O)(=O)c4ccc5c(c4)CCC5)CC3)no2)c1. The van der Waals surface area contributed by atoms with Crippen molar-refractivity contribution >= 4 is 10.0 Å². The Kier molecular flexibility index (Phi) is 5.27. The highest BCUT2D eigenvalue weighted by atomic mass is 32.2. The van der Waals surface area contributed by atoms with Crippen LogP contribution in [0.3, 0.4) is 0 Å². The first-order valence-corrected chi connectivity index (χ1v) is 12.1. The van der Waals surface area contributed by atoms with Gasteiger partial charge in [-0.3, -0.25) is 0 Å². The van der Waals surface area contributed by atoms with Crippen LogP contribution in [0.25, 0.3) is 11.5 Å². The second-order valence-corrected chi connectivity index (χ2v) is 10.1. The molecule has 0 unspecified atom stereocenters. The molecule has 1 saturated heterocycles. The smallest absolute Gasteiger partial charge is 0.258 e. The Morgan fingerprint density at radius 3 is 2.68 bits per heavy atom. The first-order chi connectivity index (χ1) is 15.0. The van der Waals surface area contributed by atoms with Crippen LogP contribution in [0.5, 0.6) is 5.75 Å². The topological polar surface area (TPSA) is 85.5 Å². The van der Waals surface area contributed by atoms with E-state index < -0.39 is 10.0 Å². The first-order valence-electron chi connectivity index (χ1n) is 10.6. The molecule has 2 heterocycles. The third-order valence-corrected chi connectivity index (χ3v) is 8.18. The summed E-state index contributed by atoms with van der Waals surface area (Å²) in [5.41, 5.74) is 3.25. The van der Waals surface area contributed by atoms with Gasteiger partial charge in [0.2, 0.25) is 10.0 Å². The van der Waals surface area contributed by atoms with E-state index in [-0.39, 0.29) is 5.92 Å². The molecular weight excluding hydrogens is 414 g/mol. The standard InChI is InChI=1S/C23H25N3O4S/c1-29-20-7-3-6-19(14-20)23-24-22(25-30-23)17-10-12-26(13-11-17)31(27,28)21-9-8-16-4-2-5-18(16)15-21/h3,6-9,14-15,17H,2,4-5,10-13H2,1H3. The lowest BCUT2D eigenvalue weighted by atomic mass is 9.97. The summed E-state index contributed by atoms with van der Waals surface area (Å²) >= 11 is 0. The zero-order chi connectivity index (χ0) is 21.4. The summed E-state index contributed by atoms with van der Waals surface area (Å²) in [5.74, 6) is 1.88. The maximum absolute atomic E-state index is 13.1. The Morgan fingerprint density at radius 1 is 1.06 bits per heavy atom. The monoisotopic (exact) mass is 439 g/mol. The second-order valence-electron chi connectivity index (χ2n) is 8.15. The fraction of sp³-hybridized carbons (Fsp3) is 0.391. The quantitative estimate of drug-likeness (QED) is 0.601. The Labute approximate surface area is 182 Å². The number of fused-ring (bicyclic) bond motifs is 1. The van der Waals surface area contributed by atoms with Crippen molar-refractivity contribution in [1.82, 2.24) is 14.4 Å². The van der Waals surface area contributed by atoms with Crippen LogP contribution in [0.4, 0.5) is 0 Å². The molecule has 7 nitrogen and oxygen atoms in total. The highest BCUT2D eigenvalue weighted by molar-refractivity contribution is 7.89. The molecule has 3 aromatic rings. The van der Waals surface area contributed by atoms with Crippen molar-refractivity contribution in [2.24, 2.45) is 0 Å². The lowest BCUT2D eigenvalue weighted by molar-refractivity contribution is 0.307. The van der Waals surface area contributed by atoms with Gasteiger partial charge in [-0.15, -0.1) is 0 Å². The average molecular weight is 440 g/mol. The Morgan fingerprint density at radius 2 is 1.87 bits per heavy atom. The number of hydrogen-bond donors (Lipinski definition) is 0. The summed E-state index contributed by atoms with van der Waals surface area (Å²) < 4.78 is 38.6. The largest absolute Gasteiger partial charge is 0.497 e. The number of hydrogen-bond acceptors (Lipinski definition) is 6. The molecule has 0 radical (unpaired) electrons. The Hall–Kier alpha value is -2.71. The molecule has 5 rings (SSSR count). The highest BCUT2D eigenvalue weighted by Crippen LogP contribution is 2.32. The van der Waals surface area contributed by atoms with E-state index in [1.807, 2.05) is 36.4 Å². The van der Waals surface area contributed by atoms with E-state index in [9.17, 15) is 8.42 Å². The molecule has 1 aromatic heterocycles. The van der Waals surface area contributed by atoms with Crippen LogP contribution in [0.15, 0.2) is 51.9 Å². The molecule has 1 fully saturated rings. The van der Waals surface area contributed by atoms with Gasteiger partial charge in [0.05, 0.1) is 12.0 Å². The molecule has 0 amide bonds. The van der Waals surface area contributed by atoms with Gasteiger partial charge in [-0.1, -0.05) is 17.3 Å². The molecule has 0 saturated carbocycles. The van der Waals surface area contributed by atoms with Crippen LogP contribution in [0.1, 0.15) is 42.1 Å². The van der Waals surface area contributed by atoms with Crippen LogP contribution in [0.2, 0.25) is 0 Å². The number of aryl methyl sites for hydroxylation is 2. The molecule has 1 aliphatic carbocycles. The number of nitrogens with zero attached hydrogens (tertiary/aromatic N) is 3. The van der Waals surface area contributed by atoms with Crippen LogP contribution >= 0.6 is 0 Å². The normalized spacial score (nSPS) is 17.6. The van der Waals surface area contributed by atoms with Gasteiger partial charge in [0.25, 0.3) is 5.89 Å². The molecule has 162 valence electrons. The molecule has 1 aliphatic heterocycles. The summed E-state index contributed by atoms with van der Waals surface area (Å²) in [4.78, 5) is 4.97. The summed E-state index contributed by atoms with van der Waals surface area (Å²) in [6.45, 7) is 0.903. The van der Waals surface area contributed by atoms with Gasteiger partial charge in [-0.05, 0) is 73.6 Å². The first kappa shape index (κ1) is 20.2. The third-order valence-electron chi connectivity index (χ3n) is 6.29. The molecular formula is C23H25N3O4S. The minimum absolute atomic E-state index is 0.0783. The third kappa shape index (κ3) is 3.85. The molecule has 2 aromatic carbocycles. The molecule has 0 bridgehead atoms. The van der Waals surface area contributed by atoms with Crippen molar-refractivity contribution in [2.45, 2.75) is 42.9 Å². The molecule has 2 aliphatic rings. The fourth-order valence-electron chi connectivity index (χ4n) is 4.49. The molecule has 31 heavy (non-hydrogen) atoms. The van der Waals surface area contributed by atoms with Crippen molar-refractivity contribution < 1.29 is 17.7 Å². The van der Waals surface area contributed by atoms with Crippen molar-refractivity contribution in [2.75, 3.05) is 20.2 Å². The highest BCUT2D eigenvalue weighted by Gasteiger charge is 2.32. The summed E-state index contributed by atoms with van der Waals surface area (Å²) in [6.07, 6.45) is 4.45. The van der Waals surface area contributed by atoms with Crippen LogP contribution < -0.4 is 4.74 Å². The van der Waals surface area contributed by atoms with Crippen molar-refractivity contribution in [3.05, 3.63) is 59.4 Å². The number of methoxy groups -OCH3 is 1. The van der Waals surface area contributed by atoms with E-state index in [0.29, 0.717) is 42.5 Å². The molecule has 0 spiro atoms. The summed E-state index contributed by atoms with van der Waals surface area (Å²) in [5, 5.41) is 4.16. The zero-order valence-corrected chi connectivity index (χ0v) is 18.3. The minimum Gasteiger partial charge on any atom is -0.497 e. The number of aromatic nitrogens is 2. The van der Waals surface area contributed by atoms with Gasteiger partial charge in [-0.2, -0.15) is 9.29 Å². The molecule has 0 atom stereocenters. The zero-order valence-electron chi connectivity index (χ0n) is 17.5. The Balaban J connectivity index is 1.28. The van der Waals surface area contributed by atoms with E-state index in [1.54, 1.807) is 17.5 Å². The predicted octanol–water partition coefficient (Wildman–Crippen LogP) is 3.80. The van der Waals surface area contributed by atoms with Gasteiger partial charge < -0.3 is 9.26 Å². The number of benzene rings is 2. The van der Waals surface area contributed by atoms with Crippen LogP contribution in [-0.2, 0) is 22.9 Å². The second kappa shape index (κ2) is 8.09. The van der Waals surface area contributed by atoms with E-state index in [0.717, 1.165) is 30.6 Å². The maximum atomic E-state index is 13.1. The van der Waals surface area contributed by atoms with Crippen molar-refractivity contribution in [3.63, 3.8) is 0 Å². The van der Waals surface area contributed by atoms with Gasteiger partial charge >= 0.3 is 0 Å². The predicted molar refractivity (Wildman–Crippen MR) is 115 cm³/mol. The van der Waals surface area contributed by atoms with Crippen molar-refractivity contribution in [3.8, 4) is 17.2 Å². The molecule has 0 N–H and O–H groups in total. The van der Waals surface area contributed by atoms with Gasteiger partial charge in [0.15, 0.2) is 5.82 Å². The van der Waals surface area contributed by atoms with Crippen LogP contribution in [0, 0.1) is 0 Å². The summed E-state index contributed by atoms with van der Waals surface area (Å²) in [7, 11) is -1.87. The van der Waals surface area contributed by atoms with E-state index >= 15 is 0 Å². The fourth-order valence-corrected chi connectivity index (χ4v) is 6.01. The number of ether oxygens (including phenoxy) is 1. The van der Waals surface area contributed by atoms with Gasteiger partial charge in [0, 0.05) is 24.6 Å². The van der Waals surface area contributed by atoms with Gasteiger partial charge in [-0.25, -0.2) is 8.42 Å². The molecule has 8 heteroatoms. The summed E-state index contributed by atoms with van der Waals surface area (Å²) in [6, 6.07) is 13.1. The Bertz CT molecular complexity index is 1200. The van der Waals surface area contributed by atoms with E-state index in [1.165, 1.54) is 11.1 Å². The number of sulfonamides is 1. The average Bonchev–Trinajstić information content (AvgIpc) is 3.48. The maximum Gasteiger partial charge on any atom is 0.258 e. The van der Waals surface area contributed by atoms with E-state index in [2.05, 4.69) is 10.1 Å². The number of piperidine rings is 1. The lowest BCUT2D eigenvalue weighted by Gasteiger charge is -2.29. The lowest BCUT2D eigenvalue weighted by Crippen LogP contribution is -2.38. The van der Waals surface area contributed by atoms with E-state index in [4.69, 9.17) is 9.26 Å². The van der Waals surface area contributed by atoms with Crippen molar-refractivity contribution in [1.29, 1.82) is 0 Å². The van der Waals surface area contributed by atoms with Crippen LogP contribution in [-0.4, -0.2) is 43.1 Å².